The van der Waals surface area contributed by atoms with E-state index in [-0.39, 0.29) is 11.9 Å². The van der Waals surface area contributed by atoms with Gasteiger partial charge in [0.1, 0.15) is 5.76 Å². The monoisotopic (exact) mass is 348 g/mol. The lowest BCUT2D eigenvalue weighted by Gasteiger charge is -2.27. The van der Waals surface area contributed by atoms with Gasteiger partial charge in [-0.1, -0.05) is 0 Å². The molecule has 1 amide bonds. The molecular formula is C17H24N4O2S. The fraction of sp³-hybridized carbons (Fsp3) is 0.588. The van der Waals surface area contributed by atoms with Crippen LogP contribution in [0.1, 0.15) is 35.6 Å². The molecule has 0 aromatic carbocycles. The van der Waals surface area contributed by atoms with Gasteiger partial charge in [0.05, 0.1) is 23.9 Å². The Labute approximate surface area is 146 Å². The van der Waals surface area contributed by atoms with E-state index in [1.165, 1.54) is 4.88 Å². The molecule has 0 bridgehead atoms. The maximum Gasteiger partial charge on any atom is 0.220 e. The molecule has 0 aliphatic carbocycles. The molecule has 24 heavy (non-hydrogen) atoms. The topological polar surface area (TPSA) is 62.5 Å². The standard InChI is InChI=1S/C17H24N4O2S/c1-12-8-18-17(23-12)10-21(14(3)22)15-4-6-20(9-15)7-5-16-13(2)19-11-24-16/h8,11,15H,4-7,9-10H2,1-3H3. The van der Waals surface area contributed by atoms with Crippen molar-refractivity contribution in [2.45, 2.75) is 46.2 Å². The Morgan fingerprint density at radius 1 is 1.46 bits per heavy atom. The summed E-state index contributed by atoms with van der Waals surface area (Å²) >= 11 is 1.73. The quantitative estimate of drug-likeness (QED) is 0.802. The Kier molecular flexibility index (Phi) is 5.30. The second kappa shape index (κ2) is 7.44. The van der Waals surface area contributed by atoms with Crippen LogP contribution in [0.4, 0.5) is 0 Å². The third-order valence-electron chi connectivity index (χ3n) is 4.57. The Morgan fingerprint density at radius 3 is 2.92 bits per heavy atom. The van der Waals surface area contributed by atoms with E-state index < -0.39 is 0 Å². The van der Waals surface area contributed by atoms with E-state index in [0.29, 0.717) is 12.4 Å². The van der Waals surface area contributed by atoms with Crippen LogP contribution < -0.4 is 0 Å². The van der Waals surface area contributed by atoms with Crippen LogP contribution in [0.25, 0.3) is 0 Å². The average Bonchev–Trinajstić information content (AvgIpc) is 3.24. The number of likely N-dealkylation sites (tertiary alicyclic amines) is 1. The van der Waals surface area contributed by atoms with Crippen molar-refractivity contribution >= 4 is 17.2 Å². The lowest BCUT2D eigenvalue weighted by molar-refractivity contribution is -0.132. The SMILES string of the molecule is CC(=O)N(Cc1ncc(C)o1)C1CCN(CCc2scnc2C)C1. The third kappa shape index (κ3) is 4.02. The number of aryl methyl sites for hydroxylation is 2. The number of amides is 1. The summed E-state index contributed by atoms with van der Waals surface area (Å²) in [6.07, 6.45) is 3.73. The van der Waals surface area contributed by atoms with Gasteiger partial charge in [-0.2, -0.15) is 0 Å². The summed E-state index contributed by atoms with van der Waals surface area (Å²) < 4.78 is 5.54. The highest BCUT2D eigenvalue weighted by Crippen LogP contribution is 2.20. The van der Waals surface area contributed by atoms with Crippen LogP contribution >= 0.6 is 11.3 Å². The Morgan fingerprint density at radius 2 is 2.29 bits per heavy atom. The minimum Gasteiger partial charge on any atom is -0.444 e. The number of nitrogens with zero attached hydrogens (tertiary/aromatic N) is 4. The number of hydrogen-bond donors (Lipinski definition) is 0. The number of thiazole rings is 1. The number of hydrogen-bond acceptors (Lipinski definition) is 6. The first-order valence-corrected chi connectivity index (χ1v) is 9.20. The smallest absolute Gasteiger partial charge is 0.220 e. The lowest BCUT2D eigenvalue weighted by atomic mass is 10.2. The second-order valence-electron chi connectivity index (χ2n) is 6.37. The molecule has 0 radical (unpaired) electrons. The van der Waals surface area contributed by atoms with Gasteiger partial charge in [-0.3, -0.25) is 4.79 Å². The largest absolute Gasteiger partial charge is 0.444 e. The highest BCUT2D eigenvalue weighted by molar-refractivity contribution is 7.09. The minimum atomic E-state index is 0.0796. The van der Waals surface area contributed by atoms with Gasteiger partial charge in [0, 0.05) is 37.5 Å². The molecule has 3 rings (SSSR count). The summed E-state index contributed by atoms with van der Waals surface area (Å²) in [5.74, 6) is 1.47. The third-order valence-corrected chi connectivity index (χ3v) is 5.56. The van der Waals surface area contributed by atoms with Gasteiger partial charge in [0.15, 0.2) is 0 Å². The number of aromatic nitrogens is 2. The van der Waals surface area contributed by atoms with E-state index in [2.05, 4.69) is 21.8 Å². The molecule has 0 spiro atoms. The molecular weight excluding hydrogens is 324 g/mol. The molecule has 2 aromatic heterocycles. The molecule has 0 N–H and O–H groups in total. The van der Waals surface area contributed by atoms with Gasteiger partial charge in [0.25, 0.3) is 0 Å². The van der Waals surface area contributed by atoms with E-state index in [9.17, 15) is 4.79 Å². The number of carbonyl (C=O) groups excluding carboxylic acids is 1. The number of oxazole rings is 1. The normalized spacial score (nSPS) is 18.2. The van der Waals surface area contributed by atoms with Crippen molar-refractivity contribution in [1.29, 1.82) is 0 Å². The van der Waals surface area contributed by atoms with Crippen molar-refractivity contribution < 1.29 is 9.21 Å². The molecule has 0 saturated carbocycles. The molecule has 2 aromatic rings. The Bertz CT molecular complexity index is 696. The minimum absolute atomic E-state index is 0.0796. The molecule has 6 nitrogen and oxygen atoms in total. The van der Waals surface area contributed by atoms with E-state index in [0.717, 1.165) is 43.9 Å². The maximum atomic E-state index is 12.1. The summed E-state index contributed by atoms with van der Waals surface area (Å²) in [4.78, 5) is 26.3. The Hall–Kier alpha value is -1.73. The zero-order chi connectivity index (χ0) is 17.1. The number of carbonyl (C=O) groups is 1. The van der Waals surface area contributed by atoms with E-state index in [1.54, 1.807) is 24.5 Å². The average molecular weight is 348 g/mol. The van der Waals surface area contributed by atoms with Gasteiger partial charge in [-0.25, -0.2) is 9.97 Å². The zero-order valence-corrected chi connectivity index (χ0v) is 15.3. The molecule has 1 saturated heterocycles. The summed E-state index contributed by atoms with van der Waals surface area (Å²) in [6, 6.07) is 0.234. The van der Waals surface area contributed by atoms with Gasteiger partial charge >= 0.3 is 0 Å². The molecule has 1 aliphatic heterocycles. The van der Waals surface area contributed by atoms with Crippen molar-refractivity contribution in [3.8, 4) is 0 Å². The summed E-state index contributed by atoms with van der Waals surface area (Å²) in [7, 11) is 0. The summed E-state index contributed by atoms with van der Waals surface area (Å²) in [6.45, 7) is 8.97. The maximum absolute atomic E-state index is 12.1. The second-order valence-corrected chi connectivity index (χ2v) is 7.30. The predicted octanol–water partition coefficient (Wildman–Crippen LogP) is 2.41. The van der Waals surface area contributed by atoms with E-state index >= 15 is 0 Å². The summed E-state index contributed by atoms with van der Waals surface area (Å²) in [5, 5.41) is 0. The van der Waals surface area contributed by atoms with Crippen LogP contribution in [-0.4, -0.2) is 51.4 Å². The fourth-order valence-electron chi connectivity index (χ4n) is 3.21. The zero-order valence-electron chi connectivity index (χ0n) is 14.5. The van der Waals surface area contributed by atoms with Crippen molar-refractivity contribution in [3.05, 3.63) is 33.9 Å². The Balaban J connectivity index is 1.55. The van der Waals surface area contributed by atoms with Crippen LogP contribution in [0, 0.1) is 13.8 Å². The van der Waals surface area contributed by atoms with Crippen molar-refractivity contribution in [2.75, 3.05) is 19.6 Å². The van der Waals surface area contributed by atoms with Crippen LogP contribution in [0.2, 0.25) is 0 Å². The molecule has 3 heterocycles. The summed E-state index contributed by atoms with van der Waals surface area (Å²) in [5.41, 5.74) is 3.05. The molecule has 130 valence electrons. The fourth-order valence-corrected chi connectivity index (χ4v) is 3.98. The molecule has 1 fully saturated rings. The highest BCUT2D eigenvalue weighted by Gasteiger charge is 2.30. The van der Waals surface area contributed by atoms with Gasteiger partial charge < -0.3 is 14.2 Å². The molecule has 1 atom stereocenters. The highest BCUT2D eigenvalue weighted by atomic mass is 32.1. The van der Waals surface area contributed by atoms with E-state index in [4.69, 9.17) is 4.42 Å². The van der Waals surface area contributed by atoms with Crippen molar-refractivity contribution in [3.63, 3.8) is 0 Å². The van der Waals surface area contributed by atoms with Crippen molar-refractivity contribution in [1.82, 2.24) is 19.8 Å². The van der Waals surface area contributed by atoms with Crippen LogP contribution in [0.5, 0.6) is 0 Å². The predicted molar refractivity (Wildman–Crippen MR) is 92.9 cm³/mol. The molecule has 1 aliphatic rings. The van der Waals surface area contributed by atoms with Gasteiger partial charge in [-0.05, 0) is 26.7 Å². The first kappa shape index (κ1) is 17.1. The number of rotatable bonds is 6. The van der Waals surface area contributed by atoms with Crippen LogP contribution in [0.15, 0.2) is 16.1 Å². The first-order valence-electron chi connectivity index (χ1n) is 8.32. The molecule has 1 unspecified atom stereocenters. The van der Waals surface area contributed by atoms with Gasteiger partial charge in [-0.15, -0.1) is 11.3 Å². The van der Waals surface area contributed by atoms with Crippen LogP contribution in [-0.2, 0) is 17.8 Å². The van der Waals surface area contributed by atoms with Crippen LogP contribution in [0.3, 0.4) is 0 Å². The van der Waals surface area contributed by atoms with E-state index in [1.807, 2.05) is 17.3 Å². The molecule has 7 heteroatoms. The lowest BCUT2D eigenvalue weighted by Crippen LogP contribution is -2.40. The first-order chi connectivity index (χ1) is 11.5. The van der Waals surface area contributed by atoms with Gasteiger partial charge in [0.2, 0.25) is 11.8 Å². The van der Waals surface area contributed by atoms with Crippen molar-refractivity contribution in [2.24, 2.45) is 0 Å².